The molecule has 3 rings (SSSR count). The summed E-state index contributed by atoms with van der Waals surface area (Å²) in [4.78, 5) is 8.75. The van der Waals surface area contributed by atoms with Crippen LogP contribution in [-0.4, -0.2) is 22.1 Å². The number of phenolic OH excluding ortho intramolecular Hbond substituents is 1. The highest BCUT2D eigenvalue weighted by atomic mass is 32.1. The average molecular weight is 299 g/mol. The number of pyridine rings is 1. The van der Waals surface area contributed by atoms with E-state index < -0.39 is 0 Å². The lowest BCUT2D eigenvalue weighted by Gasteiger charge is -2.12. The third-order valence-corrected chi connectivity index (χ3v) is 4.93. The van der Waals surface area contributed by atoms with Crippen LogP contribution in [0, 0.1) is 13.8 Å². The number of anilines is 1. The van der Waals surface area contributed by atoms with E-state index in [9.17, 15) is 5.11 Å². The van der Waals surface area contributed by atoms with Crippen LogP contribution in [0.4, 0.5) is 5.13 Å². The number of phenols is 1. The van der Waals surface area contributed by atoms with Gasteiger partial charge in [0.1, 0.15) is 5.75 Å². The Morgan fingerprint density at radius 2 is 2.10 bits per heavy atom. The van der Waals surface area contributed by atoms with Gasteiger partial charge in [0, 0.05) is 37.0 Å². The zero-order valence-corrected chi connectivity index (χ0v) is 13.1. The van der Waals surface area contributed by atoms with E-state index in [1.807, 2.05) is 39.2 Å². The monoisotopic (exact) mass is 299 g/mol. The highest BCUT2D eigenvalue weighted by Crippen LogP contribution is 2.39. The molecule has 0 spiro atoms. The molecule has 0 radical (unpaired) electrons. The standard InChI is InChI=1S/C16H17N3OS/c1-9-12(7-11-5-4-6-18-8-11)14(20)10(2)15-13(9)19-16(17-3)21-15/h4-6,8,20H,7H2,1-3H3,(H,17,19). The van der Waals surface area contributed by atoms with Gasteiger partial charge in [-0.05, 0) is 31.0 Å². The number of rotatable bonds is 3. The zero-order valence-electron chi connectivity index (χ0n) is 12.3. The Kier molecular flexibility index (Phi) is 3.51. The van der Waals surface area contributed by atoms with Crippen molar-refractivity contribution in [1.29, 1.82) is 0 Å². The molecule has 21 heavy (non-hydrogen) atoms. The molecule has 2 N–H and O–H groups in total. The van der Waals surface area contributed by atoms with Gasteiger partial charge in [-0.1, -0.05) is 17.4 Å². The molecule has 1 aromatic carbocycles. The molecule has 0 aliphatic carbocycles. The predicted molar refractivity (Wildman–Crippen MR) is 87.3 cm³/mol. The number of nitrogens with one attached hydrogen (secondary N) is 1. The minimum atomic E-state index is 0.371. The molecule has 0 aliphatic rings. The molecule has 0 bridgehead atoms. The third-order valence-electron chi connectivity index (χ3n) is 3.73. The van der Waals surface area contributed by atoms with E-state index in [4.69, 9.17) is 0 Å². The molecule has 108 valence electrons. The van der Waals surface area contributed by atoms with Gasteiger partial charge in [-0.15, -0.1) is 0 Å². The highest BCUT2D eigenvalue weighted by molar-refractivity contribution is 7.22. The van der Waals surface area contributed by atoms with Gasteiger partial charge in [-0.2, -0.15) is 0 Å². The lowest BCUT2D eigenvalue weighted by Crippen LogP contribution is -1.96. The number of nitrogens with zero attached hydrogens (tertiary/aromatic N) is 2. The molecule has 0 saturated heterocycles. The second-order valence-corrected chi connectivity index (χ2v) is 6.06. The molecule has 2 aromatic heterocycles. The maximum Gasteiger partial charge on any atom is 0.183 e. The fourth-order valence-corrected chi connectivity index (χ4v) is 3.49. The predicted octanol–water partition coefficient (Wildman–Crippen LogP) is 3.65. The van der Waals surface area contributed by atoms with Gasteiger partial charge in [-0.25, -0.2) is 4.98 Å². The highest BCUT2D eigenvalue weighted by Gasteiger charge is 2.18. The SMILES string of the molecule is CNc1nc2c(C)c(Cc3cccnc3)c(O)c(C)c2s1. The Bertz CT molecular complexity index is 796. The molecule has 3 aromatic rings. The Labute approximate surface area is 127 Å². The van der Waals surface area contributed by atoms with Crippen molar-refractivity contribution in [2.45, 2.75) is 20.3 Å². The largest absolute Gasteiger partial charge is 0.507 e. The van der Waals surface area contributed by atoms with Crippen LogP contribution >= 0.6 is 11.3 Å². The summed E-state index contributed by atoms with van der Waals surface area (Å²) in [5, 5.41) is 14.5. The van der Waals surface area contributed by atoms with Crippen LogP contribution in [0.3, 0.4) is 0 Å². The first-order chi connectivity index (χ1) is 10.1. The van der Waals surface area contributed by atoms with E-state index in [1.165, 1.54) is 0 Å². The maximum atomic E-state index is 10.6. The van der Waals surface area contributed by atoms with E-state index >= 15 is 0 Å². The van der Waals surface area contributed by atoms with Crippen molar-refractivity contribution in [2.75, 3.05) is 12.4 Å². The number of hydrogen-bond acceptors (Lipinski definition) is 5. The van der Waals surface area contributed by atoms with Crippen molar-refractivity contribution in [3.63, 3.8) is 0 Å². The van der Waals surface area contributed by atoms with Crippen LogP contribution in [0.1, 0.15) is 22.3 Å². The average Bonchev–Trinajstić information content (AvgIpc) is 2.95. The minimum absolute atomic E-state index is 0.371. The number of aromatic nitrogens is 2. The Morgan fingerprint density at radius 3 is 2.76 bits per heavy atom. The van der Waals surface area contributed by atoms with E-state index in [2.05, 4.69) is 15.3 Å². The van der Waals surface area contributed by atoms with E-state index in [0.717, 1.165) is 37.6 Å². The molecular formula is C16H17N3OS. The van der Waals surface area contributed by atoms with Crippen molar-refractivity contribution in [2.24, 2.45) is 0 Å². The van der Waals surface area contributed by atoms with Gasteiger partial charge in [0.25, 0.3) is 0 Å². The van der Waals surface area contributed by atoms with Crippen molar-refractivity contribution in [3.05, 3.63) is 46.8 Å². The molecule has 5 heteroatoms. The Hall–Kier alpha value is -2.14. The van der Waals surface area contributed by atoms with Crippen molar-refractivity contribution in [3.8, 4) is 5.75 Å². The van der Waals surface area contributed by atoms with Crippen molar-refractivity contribution >= 4 is 26.7 Å². The summed E-state index contributed by atoms with van der Waals surface area (Å²) in [6.07, 6.45) is 4.25. The van der Waals surface area contributed by atoms with Gasteiger partial charge in [-0.3, -0.25) is 4.98 Å². The van der Waals surface area contributed by atoms with Crippen LogP contribution in [0.25, 0.3) is 10.2 Å². The number of thiazole rings is 1. The first-order valence-corrected chi connectivity index (χ1v) is 7.61. The third kappa shape index (κ3) is 2.34. The molecule has 0 unspecified atom stereocenters. The summed E-state index contributed by atoms with van der Waals surface area (Å²) in [7, 11) is 1.86. The number of hydrogen-bond donors (Lipinski definition) is 2. The fourth-order valence-electron chi connectivity index (χ4n) is 2.51. The van der Waals surface area contributed by atoms with Crippen molar-refractivity contribution < 1.29 is 5.11 Å². The molecule has 0 aliphatic heterocycles. The van der Waals surface area contributed by atoms with E-state index in [1.54, 1.807) is 17.5 Å². The number of fused-ring (bicyclic) bond motifs is 1. The summed E-state index contributed by atoms with van der Waals surface area (Å²) in [5.74, 6) is 0.371. The first-order valence-electron chi connectivity index (χ1n) is 6.80. The first kappa shape index (κ1) is 13.8. The van der Waals surface area contributed by atoms with Crippen LogP contribution in [0.2, 0.25) is 0 Å². The van der Waals surface area contributed by atoms with Crippen LogP contribution in [0.5, 0.6) is 5.75 Å². The summed E-state index contributed by atoms with van der Waals surface area (Å²) in [5.41, 5.74) is 4.92. The van der Waals surface area contributed by atoms with Gasteiger partial charge in [0.15, 0.2) is 5.13 Å². The normalized spacial score (nSPS) is 11.0. The van der Waals surface area contributed by atoms with Gasteiger partial charge >= 0.3 is 0 Å². The second kappa shape index (κ2) is 5.33. The van der Waals surface area contributed by atoms with Crippen LogP contribution in [-0.2, 0) is 6.42 Å². The van der Waals surface area contributed by atoms with E-state index in [0.29, 0.717) is 12.2 Å². The fraction of sp³-hybridized carbons (Fsp3) is 0.250. The summed E-state index contributed by atoms with van der Waals surface area (Å²) in [6.45, 7) is 3.97. The van der Waals surface area contributed by atoms with Gasteiger partial charge in [0.2, 0.25) is 0 Å². The number of aromatic hydroxyl groups is 1. The molecule has 2 heterocycles. The Morgan fingerprint density at radius 1 is 1.29 bits per heavy atom. The lowest BCUT2D eigenvalue weighted by atomic mass is 9.97. The maximum absolute atomic E-state index is 10.6. The molecule has 0 saturated carbocycles. The second-order valence-electron chi connectivity index (χ2n) is 5.06. The summed E-state index contributed by atoms with van der Waals surface area (Å²) < 4.78 is 1.05. The number of benzene rings is 1. The minimum Gasteiger partial charge on any atom is -0.507 e. The number of aryl methyl sites for hydroxylation is 2. The lowest BCUT2D eigenvalue weighted by molar-refractivity contribution is 0.466. The molecular weight excluding hydrogens is 282 g/mol. The molecule has 0 fully saturated rings. The van der Waals surface area contributed by atoms with Crippen LogP contribution in [0.15, 0.2) is 24.5 Å². The quantitative estimate of drug-likeness (QED) is 0.775. The van der Waals surface area contributed by atoms with E-state index in [-0.39, 0.29) is 0 Å². The van der Waals surface area contributed by atoms with Gasteiger partial charge in [0.05, 0.1) is 10.2 Å². The topological polar surface area (TPSA) is 58.0 Å². The van der Waals surface area contributed by atoms with Crippen molar-refractivity contribution in [1.82, 2.24) is 9.97 Å². The smallest absolute Gasteiger partial charge is 0.183 e. The Balaban J connectivity index is 2.18. The molecule has 0 amide bonds. The van der Waals surface area contributed by atoms with Crippen LogP contribution < -0.4 is 5.32 Å². The molecule has 0 atom stereocenters. The summed E-state index contributed by atoms with van der Waals surface area (Å²) in [6, 6.07) is 3.93. The summed E-state index contributed by atoms with van der Waals surface area (Å²) >= 11 is 1.57. The molecule has 4 nitrogen and oxygen atoms in total. The zero-order chi connectivity index (χ0) is 15.0. The van der Waals surface area contributed by atoms with Gasteiger partial charge < -0.3 is 10.4 Å².